The first-order valence-electron chi connectivity index (χ1n) is 12.3. The van der Waals surface area contributed by atoms with Gasteiger partial charge in [0.1, 0.15) is 18.1 Å². The summed E-state index contributed by atoms with van der Waals surface area (Å²) < 4.78 is 1.46. The smallest absolute Gasteiger partial charge is 0.273 e. The van der Waals surface area contributed by atoms with Crippen molar-refractivity contribution in [2.24, 2.45) is 0 Å². The van der Waals surface area contributed by atoms with Crippen molar-refractivity contribution in [3.8, 4) is 11.3 Å². The van der Waals surface area contributed by atoms with E-state index in [0.717, 1.165) is 24.1 Å². The minimum absolute atomic E-state index is 0.126. The molecule has 0 saturated heterocycles. The molecule has 2 aromatic heterocycles. The molecule has 8 heteroatoms. The predicted molar refractivity (Wildman–Crippen MR) is 144 cm³/mol. The number of aromatic nitrogens is 3. The van der Waals surface area contributed by atoms with Gasteiger partial charge in [0.25, 0.3) is 5.56 Å². The van der Waals surface area contributed by atoms with Crippen molar-refractivity contribution < 1.29 is 9.90 Å². The van der Waals surface area contributed by atoms with Gasteiger partial charge in [0.05, 0.1) is 18.5 Å². The van der Waals surface area contributed by atoms with Crippen molar-refractivity contribution in [1.82, 2.24) is 19.9 Å². The van der Waals surface area contributed by atoms with E-state index in [-0.39, 0.29) is 31.2 Å². The van der Waals surface area contributed by atoms with Crippen LogP contribution < -0.4 is 16.6 Å². The molecule has 0 unspecified atom stereocenters. The number of pyridine rings is 1. The number of rotatable bonds is 10. The third kappa shape index (κ3) is 6.68. The van der Waals surface area contributed by atoms with E-state index >= 15 is 0 Å². The van der Waals surface area contributed by atoms with Gasteiger partial charge in [0.15, 0.2) is 0 Å². The molecular weight excluding hydrogens is 466 g/mol. The number of carbonyl (C=O) groups is 1. The first-order valence-corrected chi connectivity index (χ1v) is 12.3. The maximum atomic E-state index is 13.5. The topological polar surface area (TPSA) is 123 Å². The molecule has 0 saturated carbocycles. The Balaban J connectivity index is 1.57. The van der Waals surface area contributed by atoms with Gasteiger partial charge in [0, 0.05) is 17.8 Å². The third-order valence-corrected chi connectivity index (χ3v) is 6.25. The molecule has 2 aromatic carbocycles. The van der Waals surface area contributed by atoms with E-state index in [0.29, 0.717) is 34.8 Å². The van der Waals surface area contributed by atoms with Crippen LogP contribution in [0.2, 0.25) is 0 Å². The lowest BCUT2D eigenvalue weighted by Gasteiger charge is -2.15. The van der Waals surface area contributed by atoms with E-state index in [9.17, 15) is 14.7 Å². The minimum atomic E-state index is -0.306. The van der Waals surface area contributed by atoms with Crippen LogP contribution in [0, 0.1) is 6.92 Å². The molecule has 4 aromatic rings. The molecule has 0 atom stereocenters. The van der Waals surface area contributed by atoms with Crippen molar-refractivity contribution in [2.75, 3.05) is 5.73 Å². The van der Waals surface area contributed by atoms with Crippen molar-refractivity contribution in [2.45, 2.75) is 45.9 Å². The van der Waals surface area contributed by atoms with Gasteiger partial charge >= 0.3 is 0 Å². The van der Waals surface area contributed by atoms with E-state index in [2.05, 4.69) is 27.4 Å². The number of aliphatic hydroxyl groups excluding tert-OH is 1. The molecule has 4 rings (SSSR count). The first-order chi connectivity index (χ1) is 17.9. The molecule has 1 amide bonds. The average molecular weight is 498 g/mol. The number of carbonyl (C=O) groups excluding carboxylic acids is 1. The predicted octanol–water partition coefficient (Wildman–Crippen LogP) is 3.18. The minimum Gasteiger partial charge on any atom is -0.392 e. The van der Waals surface area contributed by atoms with E-state index in [1.54, 1.807) is 30.5 Å². The van der Waals surface area contributed by atoms with Crippen molar-refractivity contribution in [3.63, 3.8) is 0 Å². The highest BCUT2D eigenvalue weighted by Gasteiger charge is 2.16. The molecule has 0 radical (unpaired) electrons. The van der Waals surface area contributed by atoms with Crippen LogP contribution in [0.4, 0.5) is 5.82 Å². The number of hydrogen-bond acceptors (Lipinski definition) is 6. The second-order valence-electron chi connectivity index (χ2n) is 8.94. The van der Waals surface area contributed by atoms with Gasteiger partial charge in [-0.3, -0.25) is 19.1 Å². The van der Waals surface area contributed by atoms with E-state index in [1.807, 2.05) is 37.3 Å². The summed E-state index contributed by atoms with van der Waals surface area (Å²) in [4.78, 5) is 35.2. The van der Waals surface area contributed by atoms with Gasteiger partial charge in [-0.2, -0.15) is 0 Å². The number of nitrogens with one attached hydrogen (secondary N) is 1. The summed E-state index contributed by atoms with van der Waals surface area (Å²) in [6.07, 6.45) is 3.73. The van der Waals surface area contributed by atoms with Crippen LogP contribution in [-0.2, 0) is 37.3 Å². The molecule has 0 bridgehead atoms. The summed E-state index contributed by atoms with van der Waals surface area (Å²) in [5.41, 5.74) is 10.6. The maximum absolute atomic E-state index is 13.5. The Hall–Kier alpha value is -4.30. The molecule has 0 spiro atoms. The summed E-state index contributed by atoms with van der Waals surface area (Å²) in [5, 5.41) is 12.5. The number of aryl methyl sites for hydroxylation is 3. The molecular formula is C29H31N5O3. The second kappa shape index (κ2) is 12.1. The van der Waals surface area contributed by atoms with Crippen LogP contribution in [0.3, 0.4) is 0 Å². The van der Waals surface area contributed by atoms with Crippen LogP contribution in [0.1, 0.15) is 34.5 Å². The fourth-order valence-corrected chi connectivity index (χ4v) is 4.21. The normalized spacial score (nSPS) is 10.9. The van der Waals surface area contributed by atoms with Gasteiger partial charge in [0.2, 0.25) is 5.91 Å². The van der Waals surface area contributed by atoms with Crippen molar-refractivity contribution in [3.05, 3.63) is 111 Å². The monoisotopic (exact) mass is 497 g/mol. The molecule has 190 valence electrons. The van der Waals surface area contributed by atoms with Crippen molar-refractivity contribution >= 4 is 11.7 Å². The van der Waals surface area contributed by atoms with Crippen LogP contribution in [0.15, 0.2) is 77.7 Å². The Labute approximate surface area is 215 Å². The Morgan fingerprint density at radius 2 is 1.81 bits per heavy atom. The largest absolute Gasteiger partial charge is 0.392 e. The molecule has 0 aliphatic heterocycles. The maximum Gasteiger partial charge on any atom is 0.273 e. The quantitative estimate of drug-likeness (QED) is 0.309. The summed E-state index contributed by atoms with van der Waals surface area (Å²) in [6, 6.07) is 20.8. The fourth-order valence-electron chi connectivity index (χ4n) is 4.21. The van der Waals surface area contributed by atoms with E-state index in [4.69, 9.17) is 5.73 Å². The first kappa shape index (κ1) is 25.8. The zero-order valence-electron chi connectivity index (χ0n) is 20.9. The summed E-state index contributed by atoms with van der Waals surface area (Å²) in [5.74, 6) is 0.116. The summed E-state index contributed by atoms with van der Waals surface area (Å²) in [6.45, 7) is 1.82. The zero-order valence-corrected chi connectivity index (χ0v) is 20.9. The lowest BCUT2D eigenvalue weighted by atomic mass is 10.1. The Bertz CT molecular complexity index is 1430. The van der Waals surface area contributed by atoms with Crippen LogP contribution >= 0.6 is 0 Å². The Kier molecular flexibility index (Phi) is 8.43. The fraction of sp³-hybridized carbons (Fsp3) is 0.241. The highest BCUT2D eigenvalue weighted by molar-refractivity contribution is 5.76. The van der Waals surface area contributed by atoms with Gasteiger partial charge in [-0.15, -0.1) is 0 Å². The van der Waals surface area contributed by atoms with Crippen molar-refractivity contribution in [1.29, 1.82) is 0 Å². The SMILES string of the molecule is Cc1nc(N)ccc1CNC(=O)Cn1c(-c2cccc(CO)c2)cnc(CCCc2ccccc2)c1=O. The number of nitrogen functional groups attached to an aromatic ring is 1. The van der Waals surface area contributed by atoms with E-state index in [1.165, 1.54) is 10.1 Å². The van der Waals surface area contributed by atoms with Gasteiger partial charge in [-0.1, -0.05) is 54.6 Å². The van der Waals surface area contributed by atoms with E-state index < -0.39 is 0 Å². The number of aliphatic hydroxyl groups is 1. The number of hydrogen-bond donors (Lipinski definition) is 3. The number of nitrogens with two attached hydrogens (primary N) is 1. The molecule has 0 aliphatic rings. The molecule has 8 nitrogen and oxygen atoms in total. The average Bonchev–Trinajstić information content (AvgIpc) is 2.91. The Morgan fingerprint density at radius 1 is 1.03 bits per heavy atom. The summed E-state index contributed by atoms with van der Waals surface area (Å²) >= 11 is 0. The Morgan fingerprint density at radius 3 is 2.57 bits per heavy atom. The molecule has 0 fully saturated rings. The molecule has 37 heavy (non-hydrogen) atoms. The number of amides is 1. The lowest BCUT2D eigenvalue weighted by Crippen LogP contribution is -2.34. The standard InChI is InChI=1S/C29H31N5O3/c1-20-24(13-14-27(30)33-20)16-32-28(36)18-34-26(23-11-5-10-22(15-23)19-35)17-31-25(29(34)37)12-6-9-21-7-3-2-4-8-21/h2-5,7-8,10-11,13-15,17,35H,6,9,12,16,18-19H2,1H3,(H2,30,33)(H,32,36). The summed E-state index contributed by atoms with van der Waals surface area (Å²) in [7, 11) is 0. The van der Waals surface area contributed by atoms with Crippen LogP contribution in [0.5, 0.6) is 0 Å². The molecule has 2 heterocycles. The molecule has 0 aliphatic carbocycles. The lowest BCUT2D eigenvalue weighted by molar-refractivity contribution is -0.121. The highest BCUT2D eigenvalue weighted by atomic mass is 16.3. The van der Waals surface area contributed by atoms with Crippen LogP contribution in [-0.4, -0.2) is 25.5 Å². The molecule has 4 N–H and O–H groups in total. The number of nitrogens with zero attached hydrogens (tertiary/aromatic N) is 3. The van der Waals surface area contributed by atoms with Gasteiger partial charge in [-0.05, 0) is 55.0 Å². The number of benzene rings is 2. The zero-order chi connectivity index (χ0) is 26.2. The highest BCUT2D eigenvalue weighted by Crippen LogP contribution is 2.20. The third-order valence-electron chi connectivity index (χ3n) is 6.25. The van der Waals surface area contributed by atoms with Crippen LogP contribution in [0.25, 0.3) is 11.3 Å². The second-order valence-corrected chi connectivity index (χ2v) is 8.94. The van der Waals surface area contributed by atoms with Gasteiger partial charge in [-0.25, -0.2) is 4.98 Å². The van der Waals surface area contributed by atoms with Gasteiger partial charge < -0.3 is 16.2 Å². The number of anilines is 1.